The summed E-state index contributed by atoms with van der Waals surface area (Å²) in [6.45, 7) is 0.873. The van der Waals surface area contributed by atoms with Crippen molar-refractivity contribution in [1.29, 1.82) is 0 Å². The molecule has 0 spiro atoms. The minimum absolute atomic E-state index is 0.0374. The molecule has 0 fully saturated rings. The van der Waals surface area contributed by atoms with E-state index < -0.39 is 24.5 Å². The van der Waals surface area contributed by atoms with Gasteiger partial charge in [0.1, 0.15) is 18.9 Å². The van der Waals surface area contributed by atoms with E-state index in [9.17, 15) is 23.6 Å². The van der Waals surface area contributed by atoms with Crippen LogP contribution in [0.15, 0.2) is 42.5 Å². The summed E-state index contributed by atoms with van der Waals surface area (Å²) in [4.78, 5) is 47.4. The predicted molar refractivity (Wildman–Crippen MR) is 114 cm³/mol. The summed E-state index contributed by atoms with van der Waals surface area (Å²) < 4.78 is 22.9. The number of hydrogen-bond acceptors (Lipinski definition) is 6. The number of benzene rings is 2. The molecule has 1 aliphatic rings. The molecule has 1 radical (unpaired) electrons. The van der Waals surface area contributed by atoms with Gasteiger partial charge in [0.2, 0.25) is 12.7 Å². The minimum Gasteiger partial charge on any atom is -0.424 e. The fourth-order valence-electron chi connectivity index (χ4n) is 3.40. The van der Waals surface area contributed by atoms with Gasteiger partial charge in [0.15, 0.2) is 0 Å². The third-order valence-corrected chi connectivity index (χ3v) is 5.05. The van der Waals surface area contributed by atoms with Crippen molar-refractivity contribution in [3.63, 3.8) is 0 Å². The van der Waals surface area contributed by atoms with Gasteiger partial charge in [0.05, 0.1) is 11.1 Å². The molecule has 0 aliphatic carbocycles. The molecular weight excluding hydrogens is 416 g/mol. The highest BCUT2D eigenvalue weighted by Gasteiger charge is 2.25. The highest BCUT2D eigenvalue weighted by Crippen LogP contribution is 2.22. The summed E-state index contributed by atoms with van der Waals surface area (Å²) >= 11 is 0. The smallest absolute Gasteiger partial charge is 0.341 e. The van der Waals surface area contributed by atoms with Crippen LogP contribution in [-0.4, -0.2) is 43.6 Å². The van der Waals surface area contributed by atoms with Crippen molar-refractivity contribution < 1.29 is 33.0 Å². The Labute approximate surface area is 185 Å². The Balaban J connectivity index is 1.54. The lowest BCUT2D eigenvalue weighted by molar-refractivity contribution is -0.124. The van der Waals surface area contributed by atoms with E-state index in [0.29, 0.717) is 18.3 Å². The molecule has 3 rings (SSSR count). The number of esters is 2. The van der Waals surface area contributed by atoms with E-state index in [1.165, 1.54) is 19.1 Å². The number of nitrogens with one attached hydrogen (secondary N) is 1. The molecule has 1 atom stereocenters. The van der Waals surface area contributed by atoms with Crippen LogP contribution in [0.3, 0.4) is 0 Å². The monoisotopic (exact) mass is 438 g/mol. The maximum Gasteiger partial charge on any atom is 0.341 e. The van der Waals surface area contributed by atoms with Crippen LogP contribution in [0.4, 0.5) is 4.39 Å². The summed E-state index contributed by atoms with van der Waals surface area (Å²) in [5, 5.41) is 2.89. The lowest BCUT2D eigenvalue weighted by Gasteiger charge is -2.26. The molecule has 0 bridgehead atoms. The second kappa shape index (κ2) is 10.7. The third kappa shape index (κ3) is 6.26. The number of fused-ring (bicyclic) bond motifs is 1. The van der Waals surface area contributed by atoms with Gasteiger partial charge in [-0.15, -0.1) is 0 Å². The van der Waals surface area contributed by atoms with Crippen molar-refractivity contribution in [2.45, 2.75) is 38.4 Å². The summed E-state index contributed by atoms with van der Waals surface area (Å²) in [5.74, 6) is -2.26. The standard InChI is InChI=1S/C23H22BFNO6/c1-14(27)5-10-21(28)26-20-11-16-3-2-4-18(19(16)12-24-20)23(30)32-13-31-22(29)15-6-8-17(25)9-7-15/h2-4,6-9,20H,5,10-13H2,1H3,(H,26,28). The summed E-state index contributed by atoms with van der Waals surface area (Å²) in [7, 11) is 1.90. The average molecular weight is 438 g/mol. The first kappa shape index (κ1) is 23.2. The molecule has 9 heteroatoms. The van der Waals surface area contributed by atoms with Crippen molar-refractivity contribution in [1.82, 2.24) is 5.32 Å². The van der Waals surface area contributed by atoms with E-state index in [1.54, 1.807) is 12.1 Å². The highest BCUT2D eigenvalue weighted by atomic mass is 19.1. The van der Waals surface area contributed by atoms with Crippen LogP contribution in [0, 0.1) is 5.82 Å². The second-order valence-corrected chi connectivity index (χ2v) is 7.45. The molecule has 2 aromatic rings. The molecule has 32 heavy (non-hydrogen) atoms. The fourth-order valence-corrected chi connectivity index (χ4v) is 3.40. The molecule has 2 aromatic carbocycles. The number of rotatable bonds is 8. The Morgan fingerprint density at radius 2 is 1.75 bits per heavy atom. The molecule has 7 nitrogen and oxygen atoms in total. The van der Waals surface area contributed by atoms with E-state index >= 15 is 0 Å². The van der Waals surface area contributed by atoms with Gasteiger partial charge >= 0.3 is 11.9 Å². The molecule has 165 valence electrons. The number of Topliss-reactive ketones (excluding diaryl/α,β-unsaturated/α-hetero) is 1. The maximum absolute atomic E-state index is 12.9. The molecule has 1 unspecified atom stereocenters. The molecule has 0 saturated heterocycles. The zero-order chi connectivity index (χ0) is 23.1. The number of carbonyl (C=O) groups excluding carboxylic acids is 4. The lowest BCUT2D eigenvalue weighted by Crippen LogP contribution is -2.44. The summed E-state index contributed by atoms with van der Waals surface area (Å²) in [6, 6.07) is 10.0. The number of hydrogen-bond donors (Lipinski definition) is 1. The van der Waals surface area contributed by atoms with Crippen molar-refractivity contribution in [2.75, 3.05) is 6.79 Å². The summed E-state index contributed by atoms with van der Waals surface area (Å²) in [6.07, 6.45) is 1.32. The quantitative estimate of drug-likeness (QED) is 0.386. The van der Waals surface area contributed by atoms with Crippen molar-refractivity contribution in [2.24, 2.45) is 0 Å². The number of amides is 1. The van der Waals surface area contributed by atoms with Gasteiger partial charge in [-0.3, -0.25) is 4.79 Å². The predicted octanol–water partition coefficient (Wildman–Crippen LogP) is 2.37. The van der Waals surface area contributed by atoms with E-state index in [4.69, 9.17) is 9.47 Å². The number of ketones is 1. The van der Waals surface area contributed by atoms with Crippen LogP contribution < -0.4 is 5.32 Å². The molecule has 1 N–H and O–H groups in total. The Morgan fingerprint density at radius 3 is 2.47 bits per heavy atom. The normalized spacial score (nSPS) is 14.5. The van der Waals surface area contributed by atoms with E-state index in [0.717, 1.165) is 23.3 Å². The zero-order valence-electron chi connectivity index (χ0n) is 17.6. The molecule has 0 aromatic heterocycles. The van der Waals surface area contributed by atoms with Crippen LogP contribution in [-0.2, 0) is 31.8 Å². The first-order chi connectivity index (χ1) is 15.3. The van der Waals surface area contributed by atoms with E-state index in [-0.39, 0.29) is 36.0 Å². The first-order valence-electron chi connectivity index (χ1n) is 10.2. The van der Waals surface area contributed by atoms with Crippen molar-refractivity contribution in [3.8, 4) is 0 Å². The number of halogens is 1. The first-order valence-corrected chi connectivity index (χ1v) is 10.2. The second-order valence-electron chi connectivity index (χ2n) is 7.45. The van der Waals surface area contributed by atoms with Crippen LogP contribution in [0.2, 0.25) is 0 Å². The van der Waals surface area contributed by atoms with Crippen molar-refractivity contribution >= 4 is 30.9 Å². The zero-order valence-corrected chi connectivity index (χ0v) is 17.6. The van der Waals surface area contributed by atoms with E-state index in [2.05, 4.69) is 5.32 Å². The fraction of sp³-hybridized carbons (Fsp3) is 0.304. The van der Waals surface area contributed by atoms with Crippen LogP contribution in [0.5, 0.6) is 0 Å². The average Bonchev–Trinajstić information content (AvgIpc) is 2.77. The molecule has 0 saturated carbocycles. The topological polar surface area (TPSA) is 98.8 Å². The Bertz CT molecular complexity index is 1020. The van der Waals surface area contributed by atoms with Gasteiger partial charge in [-0.1, -0.05) is 18.5 Å². The SMILES string of the molecule is CC(=O)CCC(=O)NC1[B]Cc2c(cccc2C(=O)OCOC(=O)c2ccc(F)cc2)C1. The largest absolute Gasteiger partial charge is 0.424 e. The third-order valence-electron chi connectivity index (χ3n) is 5.05. The highest BCUT2D eigenvalue weighted by molar-refractivity contribution is 6.38. The van der Waals surface area contributed by atoms with Gasteiger partial charge in [0, 0.05) is 18.8 Å². The van der Waals surface area contributed by atoms with Crippen LogP contribution in [0.25, 0.3) is 0 Å². The van der Waals surface area contributed by atoms with E-state index in [1.807, 2.05) is 13.3 Å². The maximum atomic E-state index is 12.9. The molecule has 1 aliphatic heterocycles. The minimum atomic E-state index is -0.732. The Hall–Kier alpha value is -3.49. The molecular formula is C23H22BFNO6. The van der Waals surface area contributed by atoms with Crippen LogP contribution in [0.1, 0.15) is 51.6 Å². The molecule has 1 amide bonds. The molecule has 1 heterocycles. The van der Waals surface area contributed by atoms with Crippen LogP contribution >= 0.6 is 0 Å². The Kier molecular flexibility index (Phi) is 7.75. The Morgan fingerprint density at radius 1 is 1.03 bits per heavy atom. The van der Waals surface area contributed by atoms with Crippen molar-refractivity contribution in [3.05, 3.63) is 70.5 Å². The van der Waals surface area contributed by atoms with Gasteiger partial charge in [-0.25, -0.2) is 14.0 Å². The van der Waals surface area contributed by atoms with Gasteiger partial charge in [-0.05, 0) is 54.8 Å². The number of ether oxygens (including phenoxy) is 2. The van der Waals surface area contributed by atoms with Gasteiger partial charge in [-0.2, -0.15) is 0 Å². The van der Waals surface area contributed by atoms with Gasteiger partial charge in [0.25, 0.3) is 0 Å². The lowest BCUT2D eigenvalue weighted by atomic mass is 9.57. The number of carbonyl (C=O) groups is 4. The van der Waals surface area contributed by atoms with Gasteiger partial charge < -0.3 is 19.6 Å². The summed E-state index contributed by atoms with van der Waals surface area (Å²) in [5.41, 5.74) is 2.20.